The Bertz CT molecular complexity index is 1230. The number of carboxylic acids is 1. The first-order valence-corrected chi connectivity index (χ1v) is 9.33. The molecule has 0 spiro atoms. The van der Waals surface area contributed by atoms with Gasteiger partial charge < -0.3 is 19.6 Å². The van der Waals surface area contributed by atoms with Crippen molar-refractivity contribution >= 4 is 52.9 Å². The Labute approximate surface area is 180 Å². The molecule has 1 saturated heterocycles. The number of rotatable bonds is 4. The highest BCUT2D eigenvalue weighted by Crippen LogP contribution is 2.29. The van der Waals surface area contributed by atoms with Gasteiger partial charge in [-0.3, -0.25) is 4.79 Å². The molecule has 0 aliphatic carbocycles. The molecular weight excluding hydrogens is 431 g/mol. The number of urea groups is 1. The molecule has 0 radical (unpaired) electrons. The number of benzene rings is 2. The van der Waals surface area contributed by atoms with E-state index in [0.717, 1.165) is 4.90 Å². The Kier molecular flexibility index (Phi) is 5.07. The molecule has 30 heavy (non-hydrogen) atoms. The Morgan fingerprint density at radius 2 is 1.87 bits per heavy atom. The summed E-state index contributed by atoms with van der Waals surface area (Å²) in [6, 6.07) is 13.3. The number of amides is 3. The van der Waals surface area contributed by atoms with E-state index in [0.29, 0.717) is 27.8 Å². The van der Waals surface area contributed by atoms with Gasteiger partial charge in [-0.1, -0.05) is 41.4 Å². The van der Waals surface area contributed by atoms with Crippen LogP contribution in [0.1, 0.15) is 16.1 Å². The number of carboxylic acid groups (broad SMARTS) is 1. The van der Waals surface area contributed by atoms with E-state index in [-0.39, 0.29) is 16.3 Å². The van der Waals surface area contributed by atoms with Crippen molar-refractivity contribution in [2.24, 2.45) is 0 Å². The van der Waals surface area contributed by atoms with Gasteiger partial charge in [0.1, 0.15) is 17.2 Å². The average Bonchev–Trinajstić information content (AvgIpc) is 3.26. The first-order valence-electron chi connectivity index (χ1n) is 8.57. The number of anilines is 1. The third-order valence-corrected chi connectivity index (χ3v) is 4.88. The van der Waals surface area contributed by atoms with Crippen LogP contribution in [0.15, 0.2) is 64.7 Å². The summed E-state index contributed by atoms with van der Waals surface area (Å²) in [7, 11) is 0. The first kappa shape index (κ1) is 19.8. The van der Waals surface area contributed by atoms with Crippen molar-refractivity contribution in [2.45, 2.75) is 0 Å². The largest absolute Gasteiger partial charge is 0.545 e. The van der Waals surface area contributed by atoms with E-state index in [4.69, 9.17) is 27.6 Å². The maximum atomic E-state index is 12.7. The number of nitrogens with zero attached hydrogens (tertiary/aromatic N) is 1. The van der Waals surface area contributed by atoms with Crippen LogP contribution in [0.4, 0.5) is 10.5 Å². The molecule has 2 aromatic carbocycles. The Morgan fingerprint density at radius 1 is 1.07 bits per heavy atom. The number of aromatic carboxylic acids is 1. The van der Waals surface area contributed by atoms with Crippen molar-refractivity contribution in [3.63, 3.8) is 0 Å². The van der Waals surface area contributed by atoms with Crippen molar-refractivity contribution in [1.29, 1.82) is 0 Å². The summed E-state index contributed by atoms with van der Waals surface area (Å²) in [5, 5.41) is 13.9. The summed E-state index contributed by atoms with van der Waals surface area (Å²) >= 11 is 11.9. The number of hydrogen-bond donors (Lipinski definition) is 1. The second kappa shape index (κ2) is 7.70. The molecule has 150 valence electrons. The number of nitrogens with one attached hydrogen (secondary N) is 1. The first-order chi connectivity index (χ1) is 14.3. The average molecular weight is 442 g/mol. The highest BCUT2D eigenvalue weighted by atomic mass is 35.5. The smallest absolute Gasteiger partial charge is 0.333 e. The Morgan fingerprint density at radius 3 is 2.57 bits per heavy atom. The number of hydrogen-bond acceptors (Lipinski definition) is 5. The molecule has 1 N–H and O–H groups in total. The summed E-state index contributed by atoms with van der Waals surface area (Å²) in [5.74, 6) is -1.23. The Balaban J connectivity index is 1.60. The van der Waals surface area contributed by atoms with Gasteiger partial charge in [0.15, 0.2) is 0 Å². The fraction of sp³-hybridized carbons (Fsp3) is 0. The summed E-state index contributed by atoms with van der Waals surface area (Å²) in [5.41, 5.74) is 0.786. The zero-order valence-electron chi connectivity index (χ0n) is 15.0. The molecule has 0 bridgehead atoms. The number of carbonyl (C=O) groups excluding carboxylic acids is 3. The minimum Gasteiger partial charge on any atom is -0.545 e. The summed E-state index contributed by atoms with van der Waals surface area (Å²) in [4.78, 5) is 36.9. The van der Waals surface area contributed by atoms with Gasteiger partial charge in [-0.15, -0.1) is 0 Å². The lowest BCUT2D eigenvalue weighted by molar-refractivity contribution is -0.255. The molecule has 1 aliphatic rings. The van der Waals surface area contributed by atoms with E-state index in [9.17, 15) is 19.5 Å². The van der Waals surface area contributed by atoms with Crippen LogP contribution in [0.2, 0.25) is 10.0 Å². The molecule has 1 aromatic heterocycles. The van der Waals surface area contributed by atoms with Gasteiger partial charge >= 0.3 is 6.03 Å². The third kappa shape index (κ3) is 3.68. The quantitative estimate of drug-likeness (QED) is 0.490. The van der Waals surface area contributed by atoms with Crippen LogP contribution in [0.5, 0.6) is 0 Å². The molecule has 0 saturated carbocycles. The molecule has 1 fully saturated rings. The summed E-state index contributed by atoms with van der Waals surface area (Å²) < 4.78 is 5.69. The molecule has 0 atom stereocenters. The predicted molar refractivity (Wildman–Crippen MR) is 109 cm³/mol. The van der Waals surface area contributed by atoms with Gasteiger partial charge in [-0.2, -0.15) is 0 Å². The van der Waals surface area contributed by atoms with Crippen molar-refractivity contribution in [2.75, 3.05) is 4.90 Å². The van der Waals surface area contributed by atoms with Crippen molar-refractivity contribution in [1.82, 2.24) is 5.32 Å². The highest BCUT2D eigenvalue weighted by Gasteiger charge is 2.35. The molecular formula is C21H11Cl2N2O5-. The molecule has 2 heterocycles. The fourth-order valence-electron chi connectivity index (χ4n) is 2.95. The molecule has 3 aromatic rings. The third-order valence-electron chi connectivity index (χ3n) is 4.33. The minimum atomic E-state index is -1.38. The molecule has 7 nitrogen and oxygen atoms in total. The van der Waals surface area contributed by atoms with Gasteiger partial charge in [0.05, 0.1) is 16.7 Å². The van der Waals surface area contributed by atoms with E-state index >= 15 is 0 Å². The maximum absolute atomic E-state index is 12.7. The summed E-state index contributed by atoms with van der Waals surface area (Å²) in [6.07, 6.45) is 1.39. The standard InChI is InChI=1S/C21H12Cl2N2O5/c22-12-2-1-3-13(9-12)25-19(26)17(24-21(25)29)10-14-5-7-18(30-14)11-4-6-15(20(27)28)16(23)8-11/h1-10H,(H,24,29)(H,27,28)/p-1/b17-10+. The lowest BCUT2D eigenvalue weighted by Crippen LogP contribution is -2.30. The van der Waals surface area contributed by atoms with Gasteiger partial charge in [-0.05, 0) is 36.4 Å². The Hall–Kier alpha value is -3.55. The zero-order chi connectivity index (χ0) is 21.4. The molecule has 1 aliphatic heterocycles. The van der Waals surface area contributed by atoms with Gasteiger partial charge in [0, 0.05) is 22.2 Å². The van der Waals surface area contributed by atoms with Crippen molar-refractivity contribution in [3.8, 4) is 11.3 Å². The highest BCUT2D eigenvalue weighted by molar-refractivity contribution is 6.33. The fourth-order valence-corrected chi connectivity index (χ4v) is 3.39. The second-order valence-electron chi connectivity index (χ2n) is 6.29. The number of carbonyl (C=O) groups is 3. The van der Waals surface area contributed by atoms with E-state index in [1.807, 2.05) is 0 Å². The predicted octanol–water partition coefficient (Wildman–Crippen LogP) is 3.71. The van der Waals surface area contributed by atoms with Gasteiger partial charge in [0.2, 0.25) is 0 Å². The lowest BCUT2D eigenvalue weighted by Gasteiger charge is -2.11. The van der Waals surface area contributed by atoms with Crippen LogP contribution in [0.3, 0.4) is 0 Å². The molecule has 9 heteroatoms. The van der Waals surface area contributed by atoms with Crippen molar-refractivity contribution in [3.05, 3.63) is 81.7 Å². The van der Waals surface area contributed by atoms with E-state index < -0.39 is 17.9 Å². The number of furan rings is 1. The molecule has 0 unspecified atom stereocenters. The number of halogens is 2. The van der Waals surface area contributed by atoms with Crippen LogP contribution in [-0.4, -0.2) is 17.9 Å². The molecule has 3 amide bonds. The van der Waals surface area contributed by atoms with E-state index in [1.165, 1.54) is 30.3 Å². The normalized spacial score (nSPS) is 15.0. The van der Waals surface area contributed by atoms with E-state index in [2.05, 4.69) is 5.32 Å². The monoisotopic (exact) mass is 441 g/mol. The van der Waals surface area contributed by atoms with Gasteiger partial charge in [0.25, 0.3) is 5.91 Å². The van der Waals surface area contributed by atoms with Crippen LogP contribution in [-0.2, 0) is 4.79 Å². The lowest BCUT2D eigenvalue weighted by atomic mass is 10.1. The minimum absolute atomic E-state index is 0.0132. The van der Waals surface area contributed by atoms with Gasteiger partial charge in [-0.25, -0.2) is 9.69 Å². The van der Waals surface area contributed by atoms with Crippen LogP contribution in [0, 0.1) is 0 Å². The van der Waals surface area contributed by atoms with E-state index in [1.54, 1.807) is 30.3 Å². The van der Waals surface area contributed by atoms with Crippen LogP contribution >= 0.6 is 23.2 Å². The van der Waals surface area contributed by atoms with Crippen LogP contribution < -0.4 is 15.3 Å². The topological polar surface area (TPSA) is 103 Å². The summed E-state index contributed by atoms with van der Waals surface area (Å²) in [6.45, 7) is 0. The molecule has 4 rings (SSSR count). The van der Waals surface area contributed by atoms with Crippen LogP contribution in [0.25, 0.3) is 17.4 Å². The van der Waals surface area contributed by atoms with Crippen molar-refractivity contribution < 1.29 is 23.9 Å². The maximum Gasteiger partial charge on any atom is 0.333 e. The SMILES string of the molecule is O=C([O-])c1ccc(-c2ccc(/C=C3/NC(=O)N(c4cccc(Cl)c4)C3=O)o2)cc1Cl. The second-order valence-corrected chi connectivity index (χ2v) is 7.14. The number of imide groups is 1. The zero-order valence-corrected chi connectivity index (χ0v) is 16.5.